The van der Waals surface area contributed by atoms with Crippen LogP contribution in [0.25, 0.3) is 0 Å². The largest absolute Gasteiger partial charge is 0.464 e. The Morgan fingerprint density at radius 2 is 2.36 bits per heavy atom. The van der Waals surface area contributed by atoms with Crippen LogP contribution in [0.5, 0.6) is 0 Å². The van der Waals surface area contributed by atoms with Gasteiger partial charge in [-0.3, -0.25) is 14.7 Å². The molecule has 0 saturated carbocycles. The van der Waals surface area contributed by atoms with Crippen LogP contribution >= 0.6 is 0 Å². The predicted molar refractivity (Wildman–Crippen MR) is 34.5 cm³/mol. The Labute approximate surface area is 60.8 Å². The maximum absolute atomic E-state index is 10.2. The van der Waals surface area contributed by atoms with Gasteiger partial charge in [0.05, 0.1) is 11.1 Å². The third-order valence-electron chi connectivity index (χ3n) is 1.11. The van der Waals surface area contributed by atoms with Crippen LogP contribution in [-0.4, -0.2) is 20.7 Å². The van der Waals surface area contributed by atoms with Crippen molar-refractivity contribution in [1.82, 2.24) is 4.57 Å². The van der Waals surface area contributed by atoms with Gasteiger partial charge in [0.25, 0.3) is 5.69 Å². The first-order chi connectivity index (χ1) is 5.11. The van der Waals surface area contributed by atoms with Crippen LogP contribution in [0.4, 0.5) is 10.5 Å². The van der Waals surface area contributed by atoms with Crippen molar-refractivity contribution in [3.05, 3.63) is 28.6 Å². The minimum Gasteiger partial charge on any atom is -0.464 e. The number of nitro groups is 1. The zero-order valence-corrected chi connectivity index (χ0v) is 5.30. The standard InChI is InChI=1S/C5H4N2O4/c8-5(9)6-2-1-4(3-6)7(10)11/h1-3H,(H,8,9). The molecule has 6 heteroatoms. The highest BCUT2D eigenvalue weighted by Gasteiger charge is 2.09. The van der Waals surface area contributed by atoms with Crippen molar-refractivity contribution in [3.63, 3.8) is 0 Å². The minimum atomic E-state index is -1.24. The molecule has 0 atom stereocenters. The number of hydrogen-bond acceptors (Lipinski definition) is 3. The van der Waals surface area contributed by atoms with Gasteiger partial charge in [-0.15, -0.1) is 0 Å². The van der Waals surface area contributed by atoms with Crippen molar-refractivity contribution in [1.29, 1.82) is 0 Å². The Hall–Kier alpha value is -1.85. The summed E-state index contributed by atoms with van der Waals surface area (Å²) >= 11 is 0. The summed E-state index contributed by atoms with van der Waals surface area (Å²) in [5.74, 6) is 0. The van der Waals surface area contributed by atoms with Crippen molar-refractivity contribution < 1.29 is 14.8 Å². The van der Waals surface area contributed by atoms with Gasteiger partial charge in [-0.2, -0.15) is 0 Å². The molecule has 0 aliphatic carbocycles. The molecule has 0 saturated heterocycles. The number of rotatable bonds is 1. The van der Waals surface area contributed by atoms with Crippen LogP contribution in [-0.2, 0) is 0 Å². The van der Waals surface area contributed by atoms with E-state index < -0.39 is 11.0 Å². The number of carboxylic acid groups (broad SMARTS) is 1. The van der Waals surface area contributed by atoms with E-state index in [1.165, 1.54) is 0 Å². The molecule has 1 aromatic rings. The first kappa shape index (κ1) is 7.26. The van der Waals surface area contributed by atoms with Gasteiger partial charge in [-0.1, -0.05) is 0 Å². The molecule has 0 aromatic carbocycles. The van der Waals surface area contributed by atoms with E-state index in [4.69, 9.17) is 5.11 Å². The lowest BCUT2D eigenvalue weighted by molar-refractivity contribution is -0.384. The molecule has 1 heterocycles. The molecule has 0 spiro atoms. The molecule has 58 valence electrons. The summed E-state index contributed by atoms with van der Waals surface area (Å²) in [4.78, 5) is 19.6. The van der Waals surface area contributed by atoms with Crippen LogP contribution in [0.15, 0.2) is 18.5 Å². The van der Waals surface area contributed by atoms with Gasteiger partial charge in [0.15, 0.2) is 0 Å². The fraction of sp³-hybridized carbons (Fsp3) is 0. The Morgan fingerprint density at radius 1 is 1.73 bits per heavy atom. The first-order valence-electron chi connectivity index (χ1n) is 2.67. The van der Waals surface area contributed by atoms with Gasteiger partial charge in [0.1, 0.15) is 0 Å². The van der Waals surface area contributed by atoms with Gasteiger partial charge < -0.3 is 5.11 Å². The van der Waals surface area contributed by atoms with Gasteiger partial charge in [-0.25, -0.2) is 4.79 Å². The SMILES string of the molecule is O=C(O)n1ccc([N+](=O)[O-])c1. The average molecular weight is 156 g/mol. The smallest absolute Gasteiger partial charge is 0.415 e. The lowest BCUT2D eigenvalue weighted by Crippen LogP contribution is -2.03. The Kier molecular flexibility index (Phi) is 1.59. The Morgan fingerprint density at radius 3 is 2.64 bits per heavy atom. The third-order valence-corrected chi connectivity index (χ3v) is 1.11. The van der Waals surface area contributed by atoms with Crippen LogP contribution in [0.3, 0.4) is 0 Å². The monoisotopic (exact) mass is 156 g/mol. The number of carbonyl (C=O) groups is 1. The summed E-state index contributed by atoms with van der Waals surface area (Å²) in [5, 5.41) is 18.4. The van der Waals surface area contributed by atoms with E-state index >= 15 is 0 Å². The van der Waals surface area contributed by atoms with Gasteiger partial charge in [-0.05, 0) is 0 Å². The molecular formula is C5H4N2O4. The zero-order chi connectivity index (χ0) is 8.43. The normalized spacial score (nSPS) is 9.45. The third kappa shape index (κ3) is 1.34. The summed E-state index contributed by atoms with van der Waals surface area (Å²) in [7, 11) is 0. The fourth-order valence-corrected chi connectivity index (χ4v) is 0.612. The van der Waals surface area contributed by atoms with Crippen molar-refractivity contribution in [2.24, 2.45) is 0 Å². The summed E-state index contributed by atoms with van der Waals surface area (Å²) in [6, 6.07) is 1.12. The van der Waals surface area contributed by atoms with Crippen LogP contribution in [0.2, 0.25) is 0 Å². The summed E-state index contributed by atoms with van der Waals surface area (Å²) < 4.78 is 0.720. The molecule has 0 aliphatic heterocycles. The molecule has 11 heavy (non-hydrogen) atoms. The second-order valence-electron chi connectivity index (χ2n) is 1.82. The van der Waals surface area contributed by atoms with E-state index in [0.29, 0.717) is 0 Å². The molecule has 6 nitrogen and oxygen atoms in total. The van der Waals surface area contributed by atoms with Gasteiger partial charge >= 0.3 is 6.09 Å². The molecule has 1 rings (SSSR count). The number of hydrogen-bond donors (Lipinski definition) is 1. The molecule has 0 aliphatic rings. The lowest BCUT2D eigenvalue weighted by Gasteiger charge is -1.87. The van der Waals surface area contributed by atoms with Crippen molar-refractivity contribution in [2.75, 3.05) is 0 Å². The van der Waals surface area contributed by atoms with E-state index in [0.717, 1.165) is 23.0 Å². The summed E-state index contributed by atoms with van der Waals surface area (Å²) in [6.45, 7) is 0. The highest BCUT2D eigenvalue weighted by Crippen LogP contribution is 2.09. The second-order valence-corrected chi connectivity index (χ2v) is 1.82. The maximum Gasteiger partial charge on any atom is 0.415 e. The molecule has 0 amide bonds. The molecule has 1 N–H and O–H groups in total. The average Bonchev–Trinajstić information content (AvgIpc) is 2.33. The summed E-state index contributed by atoms with van der Waals surface area (Å²) in [6.07, 6.45) is 0.807. The van der Waals surface area contributed by atoms with Gasteiger partial charge in [0, 0.05) is 12.3 Å². The number of nitrogens with zero attached hydrogens (tertiary/aromatic N) is 2. The van der Waals surface area contributed by atoms with E-state index in [-0.39, 0.29) is 5.69 Å². The van der Waals surface area contributed by atoms with Crippen molar-refractivity contribution in [3.8, 4) is 0 Å². The zero-order valence-electron chi connectivity index (χ0n) is 5.30. The minimum absolute atomic E-state index is 0.229. The molecule has 0 radical (unpaired) electrons. The molecule has 0 fully saturated rings. The van der Waals surface area contributed by atoms with Gasteiger partial charge in [0.2, 0.25) is 0 Å². The van der Waals surface area contributed by atoms with Crippen LogP contribution < -0.4 is 0 Å². The topological polar surface area (TPSA) is 85.4 Å². The lowest BCUT2D eigenvalue weighted by atomic mass is 10.6. The predicted octanol–water partition coefficient (Wildman–Crippen LogP) is 0.922. The first-order valence-corrected chi connectivity index (χ1v) is 2.67. The van der Waals surface area contributed by atoms with Crippen molar-refractivity contribution in [2.45, 2.75) is 0 Å². The van der Waals surface area contributed by atoms with Crippen LogP contribution in [0.1, 0.15) is 0 Å². The molecular weight excluding hydrogens is 152 g/mol. The van der Waals surface area contributed by atoms with E-state index in [1.54, 1.807) is 0 Å². The Balaban J connectivity index is 2.99. The van der Waals surface area contributed by atoms with Crippen molar-refractivity contribution >= 4 is 11.8 Å². The fourth-order valence-electron chi connectivity index (χ4n) is 0.612. The summed E-state index contributed by atoms with van der Waals surface area (Å²) in [5.41, 5.74) is -0.229. The second kappa shape index (κ2) is 2.41. The molecule has 1 aromatic heterocycles. The highest BCUT2D eigenvalue weighted by atomic mass is 16.6. The maximum atomic E-state index is 10.2. The van der Waals surface area contributed by atoms with E-state index in [2.05, 4.69) is 0 Å². The number of aromatic nitrogens is 1. The Bertz CT molecular complexity index is 275. The molecule has 0 unspecified atom stereocenters. The molecule has 0 bridgehead atoms. The highest BCUT2D eigenvalue weighted by molar-refractivity contribution is 5.68. The van der Waals surface area contributed by atoms with Crippen LogP contribution in [0, 0.1) is 10.1 Å². The quantitative estimate of drug-likeness (QED) is 0.483. The van der Waals surface area contributed by atoms with E-state index in [1.807, 2.05) is 0 Å². The van der Waals surface area contributed by atoms with E-state index in [9.17, 15) is 14.9 Å².